The number of amides is 1. The summed E-state index contributed by atoms with van der Waals surface area (Å²) in [7, 11) is 0. The Kier molecular flexibility index (Phi) is 4.68. The maximum Gasteiger partial charge on any atom is 0.257 e. The number of aliphatic hydroxyl groups is 1. The number of aromatic nitrogens is 2. The Balaban J connectivity index is 1.85. The molecule has 1 aromatic heterocycles. The van der Waals surface area contributed by atoms with E-state index >= 15 is 0 Å². The molecule has 1 aliphatic heterocycles. The van der Waals surface area contributed by atoms with Crippen molar-refractivity contribution in [1.29, 1.82) is 0 Å². The van der Waals surface area contributed by atoms with Crippen molar-refractivity contribution in [2.24, 2.45) is 5.92 Å². The van der Waals surface area contributed by atoms with E-state index in [1.165, 1.54) is 0 Å². The molecule has 1 saturated heterocycles. The minimum atomic E-state index is -0.0195. The molecule has 1 N–H and O–H groups in total. The number of piperidine rings is 1. The number of hydrogen-bond acceptors (Lipinski definition) is 3. The van der Waals surface area contributed by atoms with Crippen molar-refractivity contribution < 1.29 is 9.90 Å². The maximum absolute atomic E-state index is 12.8. The van der Waals surface area contributed by atoms with Crippen LogP contribution in [0.2, 0.25) is 5.02 Å². The first-order chi connectivity index (χ1) is 11.1. The summed E-state index contributed by atoms with van der Waals surface area (Å²) in [5, 5.41) is 14.3. The van der Waals surface area contributed by atoms with E-state index in [1.54, 1.807) is 16.9 Å². The van der Waals surface area contributed by atoms with E-state index in [2.05, 4.69) is 5.10 Å². The van der Waals surface area contributed by atoms with Crippen LogP contribution in [0.5, 0.6) is 0 Å². The number of carbonyl (C=O) groups excluding carboxylic acids is 1. The van der Waals surface area contributed by atoms with Gasteiger partial charge in [-0.1, -0.05) is 17.7 Å². The van der Waals surface area contributed by atoms with Crippen LogP contribution in [-0.2, 0) is 0 Å². The van der Waals surface area contributed by atoms with Crippen LogP contribution in [0.3, 0.4) is 0 Å². The first-order valence-electron chi connectivity index (χ1n) is 7.81. The van der Waals surface area contributed by atoms with E-state index in [-0.39, 0.29) is 18.4 Å². The zero-order valence-corrected chi connectivity index (χ0v) is 13.8. The Morgan fingerprint density at radius 1 is 1.48 bits per heavy atom. The third kappa shape index (κ3) is 3.26. The molecular formula is C17H20ClN3O2. The predicted octanol–water partition coefficient (Wildman–Crippen LogP) is 2.68. The van der Waals surface area contributed by atoms with E-state index in [9.17, 15) is 9.90 Å². The summed E-state index contributed by atoms with van der Waals surface area (Å²) in [5.74, 6) is 0.157. The van der Waals surface area contributed by atoms with E-state index in [0.29, 0.717) is 17.1 Å². The van der Waals surface area contributed by atoms with Gasteiger partial charge in [-0.2, -0.15) is 5.10 Å². The van der Waals surface area contributed by atoms with Gasteiger partial charge in [0.05, 0.1) is 23.1 Å². The molecule has 0 aliphatic carbocycles. The number of benzene rings is 1. The second kappa shape index (κ2) is 6.72. The number of nitrogens with zero attached hydrogens (tertiary/aromatic N) is 3. The summed E-state index contributed by atoms with van der Waals surface area (Å²) >= 11 is 6.03. The molecule has 1 amide bonds. The number of aliphatic hydroxyl groups excluding tert-OH is 1. The minimum absolute atomic E-state index is 0.0195. The first-order valence-corrected chi connectivity index (χ1v) is 8.18. The summed E-state index contributed by atoms with van der Waals surface area (Å²) in [6, 6.07) is 7.39. The highest BCUT2D eigenvalue weighted by atomic mass is 35.5. The second-order valence-electron chi connectivity index (χ2n) is 5.98. The first kappa shape index (κ1) is 16.0. The van der Waals surface area contributed by atoms with Crippen LogP contribution in [0, 0.1) is 12.8 Å². The summed E-state index contributed by atoms with van der Waals surface area (Å²) in [6.07, 6.45) is 3.51. The highest BCUT2D eigenvalue weighted by Crippen LogP contribution is 2.22. The molecule has 1 unspecified atom stereocenters. The molecule has 5 nitrogen and oxygen atoms in total. The van der Waals surface area contributed by atoms with Gasteiger partial charge in [0.15, 0.2) is 0 Å². The lowest BCUT2D eigenvalue weighted by atomic mass is 9.98. The van der Waals surface area contributed by atoms with Crippen LogP contribution in [0.1, 0.15) is 28.9 Å². The molecule has 6 heteroatoms. The number of carbonyl (C=O) groups is 1. The maximum atomic E-state index is 12.8. The highest BCUT2D eigenvalue weighted by Gasteiger charge is 2.26. The highest BCUT2D eigenvalue weighted by molar-refractivity contribution is 6.30. The number of rotatable bonds is 3. The van der Waals surface area contributed by atoms with E-state index in [0.717, 1.165) is 30.8 Å². The average molecular weight is 334 g/mol. The van der Waals surface area contributed by atoms with Gasteiger partial charge in [-0.15, -0.1) is 0 Å². The normalized spacial score (nSPS) is 18.2. The minimum Gasteiger partial charge on any atom is -0.396 e. The van der Waals surface area contributed by atoms with Gasteiger partial charge in [-0.25, -0.2) is 4.68 Å². The molecule has 2 heterocycles. The molecule has 0 spiro atoms. The standard InChI is InChI=1S/C17H20ClN3O2/c1-12-16(17(23)20-7-3-4-13(10-20)11-22)9-19-21(12)15-6-2-5-14(18)8-15/h2,5-6,8-9,13,22H,3-4,7,10-11H2,1H3. The van der Waals surface area contributed by atoms with Crippen molar-refractivity contribution in [1.82, 2.24) is 14.7 Å². The zero-order chi connectivity index (χ0) is 16.4. The van der Waals surface area contributed by atoms with Gasteiger partial charge in [0.25, 0.3) is 5.91 Å². The van der Waals surface area contributed by atoms with Gasteiger partial charge in [0, 0.05) is 24.7 Å². The smallest absolute Gasteiger partial charge is 0.257 e. The molecule has 1 aliphatic rings. The number of likely N-dealkylation sites (tertiary alicyclic amines) is 1. The monoisotopic (exact) mass is 333 g/mol. The quantitative estimate of drug-likeness (QED) is 0.939. The Morgan fingerprint density at radius 2 is 2.30 bits per heavy atom. The van der Waals surface area contributed by atoms with Crippen LogP contribution in [-0.4, -0.2) is 45.4 Å². The molecule has 2 aromatic rings. The number of halogens is 1. The van der Waals surface area contributed by atoms with Gasteiger partial charge >= 0.3 is 0 Å². The summed E-state index contributed by atoms with van der Waals surface area (Å²) in [4.78, 5) is 14.6. The lowest BCUT2D eigenvalue weighted by Gasteiger charge is -2.31. The van der Waals surface area contributed by atoms with Crippen LogP contribution in [0.4, 0.5) is 0 Å². The van der Waals surface area contributed by atoms with Crippen molar-refractivity contribution in [2.45, 2.75) is 19.8 Å². The van der Waals surface area contributed by atoms with Crippen LogP contribution < -0.4 is 0 Å². The van der Waals surface area contributed by atoms with Crippen LogP contribution in [0.15, 0.2) is 30.5 Å². The van der Waals surface area contributed by atoms with E-state index < -0.39 is 0 Å². The van der Waals surface area contributed by atoms with E-state index in [1.807, 2.05) is 30.0 Å². The zero-order valence-electron chi connectivity index (χ0n) is 13.1. The van der Waals surface area contributed by atoms with Gasteiger partial charge in [-0.3, -0.25) is 4.79 Å². The van der Waals surface area contributed by atoms with Crippen molar-refractivity contribution in [3.05, 3.63) is 46.7 Å². The SMILES string of the molecule is Cc1c(C(=O)N2CCCC(CO)C2)cnn1-c1cccc(Cl)c1. The second-order valence-corrected chi connectivity index (χ2v) is 6.41. The molecule has 0 radical (unpaired) electrons. The molecule has 3 rings (SSSR count). The molecule has 122 valence electrons. The van der Waals surface area contributed by atoms with Crippen molar-refractivity contribution in [2.75, 3.05) is 19.7 Å². The van der Waals surface area contributed by atoms with Crippen LogP contribution >= 0.6 is 11.6 Å². The summed E-state index contributed by atoms with van der Waals surface area (Å²) < 4.78 is 1.73. The average Bonchev–Trinajstić information content (AvgIpc) is 2.96. The molecule has 1 fully saturated rings. The molecule has 1 atom stereocenters. The lowest BCUT2D eigenvalue weighted by molar-refractivity contribution is 0.0620. The van der Waals surface area contributed by atoms with Gasteiger partial charge in [0.2, 0.25) is 0 Å². The summed E-state index contributed by atoms with van der Waals surface area (Å²) in [5.41, 5.74) is 2.23. The van der Waals surface area contributed by atoms with Crippen LogP contribution in [0.25, 0.3) is 5.69 Å². The largest absolute Gasteiger partial charge is 0.396 e. The Morgan fingerprint density at radius 3 is 3.04 bits per heavy atom. The molecular weight excluding hydrogens is 314 g/mol. The van der Waals surface area contributed by atoms with Crippen molar-refractivity contribution in [3.63, 3.8) is 0 Å². The third-order valence-electron chi connectivity index (χ3n) is 4.36. The van der Waals surface area contributed by atoms with Gasteiger partial charge in [-0.05, 0) is 43.9 Å². The van der Waals surface area contributed by atoms with Crippen molar-refractivity contribution >= 4 is 17.5 Å². The van der Waals surface area contributed by atoms with Gasteiger partial charge in [0.1, 0.15) is 0 Å². The molecule has 23 heavy (non-hydrogen) atoms. The third-order valence-corrected chi connectivity index (χ3v) is 4.59. The summed E-state index contributed by atoms with van der Waals surface area (Å²) in [6.45, 7) is 3.35. The Bertz CT molecular complexity index is 714. The topological polar surface area (TPSA) is 58.4 Å². The lowest BCUT2D eigenvalue weighted by Crippen LogP contribution is -2.41. The molecule has 0 bridgehead atoms. The van der Waals surface area contributed by atoms with Crippen molar-refractivity contribution in [3.8, 4) is 5.69 Å². The predicted molar refractivity (Wildman–Crippen MR) is 89.0 cm³/mol. The fraction of sp³-hybridized carbons (Fsp3) is 0.412. The molecule has 1 aromatic carbocycles. The molecule has 0 saturated carbocycles. The Labute approximate surface area is 140 Å². The van der Waals surface area contributed by atoms with Gasteiger partial charge < -0.3 is 10.0 Å². The fourth-order valence-electron chi connectivity index (χ4n) is 3.06. The Hall–Kier alpha value is -1.85. The fourth-order valence-corrected chi connectivity index (χ4v) is 3.24. The van der Waals surface area contributed by atoms with E-state index in [4.69, 9.17) is 11.6 Å². The number of hydrogen-bond donors (Lipinski definition) is 1.